The first kappa shape index (κ1) is 12.0. The normalized spacial score (nSPS) is 10.1. The van der Waals surface area contributed by atoms with Crippen LogP contribution in [0.3, 0.4) is 0 Å². The highest BCUT2D eigenvalue weighted by Crippen LogP contribution is 2.30. The molecule has 18 heavy (non-hydrogen) atoms. The standard InChI is InChI=1S/C12H12N4O2/c1-8-11(16(17)18)10(15-12(13-2)14-8)9-6-4-3-5-7-9/h3-7H,1-2H3,(H,13,14,15). The molecule has 0 aliphatic heterocycles. The molecule has 0 amide bonds. The number of nitrogens with one attached hydrogen (secondary N) is 1. The van der Waals surface area contributed by atoms with Gasteiger partial charge in [0.2, 0.25) is 5.95 Å². The van der Waals surface area contributed by atoms with Crippen LogP contribution in [0.1, 0.15) is 5.69 Å². The second kappa shape index (κ2) is 4.79. The Morgan fingerprint density at radius 1 is 1.22 bits per heavy atom. The molecule has 0 spiro atoms. The van der Waals surface area contributed by atoms with E-state index < -0.39 is 4.92 Å². The van der Waals surface area contributed by atoms with E-state index in [-0.39, 0.29) is 5.69 Å². The highest BCUT2D eigenvalue weighted by Gasteiger charge is 2.22. The van der Waals surface area contributed by atoms with Gasteiger partial charge in [-0.1, -0.05) is 30.3 Å². The molecule has 0 saturated carbocycles. The summed E-state index contributed by atoms with van der Waals surface area (Å²) in [5, 5.41) is 13.9. The summed E-state index contributed by atoms with van der Waals surface area (Å²) >= 11 is 0. The van der Waals surface area contributed by atoms with Crippen LogP contribution >= 0.6 is 0 Å². The van der Waals surface area contributed by atoms with Crippen LogP contribution in [0.25, 0.3) is 11.3 Å². The van der Waals surface area contributed by atoms with Crippen molar-refractivity contribution in [2.75, 3.05) is 12.4 Å². The number of aryl methyl sites for hydroxylation is 1. The van der Waals surface area contributed by atoms with Crippen LogP contribution in [0, 0.1) is 17.0 Å². The molecule has 0 atom stereocenters. The van der Waals surface area contributed by atoms with Gasteiger partial charge in [-0.05, 0) is 6.92 Å². The Bertz CT molecular complexity index is 584. The first-order valence-corrected chi connectivity index (χ1v) is 5.39. The second-order valence-corrected chi connectivity index (χ2v) is 3.70. The minimum atomic E-state index is -0.447. The average Bonchev–Trinajstić information content (AvgIpc) is 2.38. The van der Waals surface area contributed by atoms with E-state index in [1.807, 2.05) is 18.2 Å². The summed E-state index contributed by atoms with van der Waals surface area (Å²) in [4.78, 5) is 18.9. The van der Waals surface area contributed by atoms with Crippen LogP contribution in [-0.4, -0.2) is 21.9 Å². The molecule has 0 aliphatic rings. The third-order valence-corrected chi connectivity index (χ3v) is 2.51. The van der Waals surface area contributed by atoms with E-state index in [4.69, 9.17) is 0 Å². The molecule has 6 heteroatoms. The van der Waals surface area contributed by atoms with Crippen molar-refractivity contribution in [2.45, 2.75) is 6.92 Å². The van der Waals surface area contributed by atoms with Crippen LogP contribution in [0.15, 0.2) is 30.3 Å². The van der Waals surface area contributed by atoms with Gasteiger partial charge in [-0.3, -0.25) is 10.1 Å². The van der Waals surface area contributed by atoms with E-state index in [1.165, 1.54) is 0 Å². The van der Waals surface area contributed by atoms with Gasteiger partial charge in [0.15, 0.2) is 5.69 Å². The number of rotatable bonds is 3. The molecule has 6 nitrogen and oxygen atoms in total. The number of benzene rings is 1. The lowest BCUT2D eigenvalue weighted by molar-refractivity contribution is -0.385. The van der Waals surface area contributed by atoms with Gasteiger partial charge in [0.1, 0.15) is 5.69 Å². The Kier molecular flexibility index (Phi) is 3.18. The maximum atomic E-state index is 11.1. The number of hydrogen-bond donors (Lipinski definition) is 1. The minimum Gasteiger partial charge on any atom is -0.357 e. The lowest BCUT2D eigenvalue weighted by Gasteiger charge is -2.07. The van der Waals surface area contributed by atoms with Gasteiger partial charge >= 0.3 is 5.69 Å². The zero-order valence-electron chi connectivity index (χ0n) is 10.0. The fraction of sp³-hybridized carbons (Fsp3) is 0.167. The summed E-state index contributed by atoms with van der Waals surface area (Å²) in [6.07, 6.45) is 0. The van der Waals surface area contributed by atoms with Crippen molar-refractivity contribution in [1.29, 1.82) is 0 Å². The number of hydrogen-bond acceptors (Lipinski definition) is 5. The maximum absolute atomic E-state index is 11.1. The van der Waals surface area contributed by atoms with Crippen molar-refractivity contribution < 1.29 is 4.92 Å². The molecular weight excluding hydrogens is 232 g/mol. The number of nitro groups is 1. The average molecular weight is 244 g/mol. The van der Waals surface area contributed by atoms with Gasteiger partial charge in [-0.25, -0.2) is 9.97 Å². The zero-order valence-corrected chi connectivity index (χ0v) is 10.0. The predicted molar refractivity (Wildman–Crippen MR) is 68.4 cm³/mol. The molecule has 1 aromatic carbocycles. The number of anilines is 1. The van der Waals surface area contributed by atoms with Gasteiger partial charge in [0, 0.05) is 12.6 Å². The second-order valence-electron chi connectivity index (χ2n) is 3.70. The molecule has 0 bridgehead atoms. The van der Waals surface area contributed by atoms with Crippen LogP contribution in [0.5, 0.6) is 0 Å². The van der Waals surface area contributed by atoms with E-state index in [1.54, 1.807) is 26.1 Å². The van der Waals surface area contributed by atoms with E-state index in [9.17, 15) is 10.1 Å². The smallest absolute Gasteiger partial charge is 0.316 e. The Balaban J connectivity index is 2.71. The quantitative estimate of drug-likeness (QED) is 0.662. The lowest BCUT2D eigenvalue weighted by Crippen LogP contribution is -2.04. The largest absolute Gasteiger partial charge is 0.357 e. The SMILES string of the molecule is CNc1nc(C)c([N+](=O)[O-])c(-c2ccccc2)n1. The Hall–Kier alpha value is -2.50. The van der Waals surface area contributed by atoms with E-state index >= 15 is 0 Å². The summed E-state index contributed by atoms with van der Waals surface area (Å²) in [7, 11) is 1.68. The van der Waals surface area contributed by atoms with Crippen LogP contribution in [0.4, 0.5) is 11.6 Å². The Morgan fingerprint density at radius 3 is 2.44 bits per heavy atom. The summed E-state index contributed by atoms with van der Waals surface area (Å²) in [5.74, 6) is 0.372. The highest BCUT2D eigenvalue weighted by atomic mass is 16.6. The molecule has 0 fully saturated rings. The molecule has 0 saturated heterocycles. The van der Waals surface area contributed by atoms with Crippen molar-refractivity contribution in [2.24, 2.45) is 0 Å². The van der Waals surface area contributed by atoms with Gasteiger partial charge in [-0.15, -0.1) is 0 Å². The summed E-state index contributed by atoms with van der Waals surface area (Å²) in [6, 6.07) is 9.05. The molecule has 1 aromatic heterocycles. The van der Waals surface area contributed by atoms with Gasteiger partial charge in [0.05, 0.1) is 4.92 Å². The molecular formula is C12H12N4O2. The van der Waals surface area contributed by atoms with E-state index in [0.29, 0.717) is 22.9 Å². The zero-order chi connectivity index (χ0) is 13.1. The summed E-state index contributed by atoms with van der Waals surface area (Å²) in [5.41, 5.74) is 1.32. The molecule has 0 unspecified atom stereocenters. The molecule has 0 aliphatic carbocycles. The van der Waals surface area contributed by atoms with Crippen molar-refractivity contribution in [3.63, 3.8) is 0 Å². The number of nitrogens with zero attached hydrogens (tertiary/aromatic N) is 3. The molecule has 0 radical (unpaired) electrons. The van der Waals surface area contributed by atoms with Crippen molar-refractivity contribution in [1.82, 2.24) is 9.97 Å². The lowest BCUT2D eigenvalue weighted by atomic mass is 10.1. The van der Waals surface area contributed by atoms with Gasteiger partial charge in [-0.2, -0.15) is 0 Å². The fourth-order valence-corrected chi connectivity index (χ4v) is 1.69. The van der Waals surface area contributed by atoms with Gasteiger partial charge in [0.25, 0.3) is 0 Å². The van der Waals surface area contributed by atoms with Crippen LogP contribution in [0.2, 0.25) is 0 Å². The monoisotopic (exact) mass is 244 g/mol. The molecule has 1 N–H and O–H groups in total. The topological polar surface area (TPSA) is 81.0 Å². The first-order chi connectivity index (χ1) is 8.63. The fourth-order valence-electron chi connectivity index (χ4n) is 1.69. The highest BCUT2D eigenvalue weighted by molar-refractivity contribution is 5.71. The third kappa shape index (κ3) is 2.13. The Labute approximate surface area is 104 Å². The minimum absolute atomic E-state index is 0.0554. The molecule has 92 valence electrons. The summed E-state index contributed by atoms with van der Waals surface area (Å²) < 4.78 is 0. The van der Waals surface area contributed by atoms with Crippen LogP contribution in [-0.2, 0) is 0 Å². The maximum Gasteiger partial charge on any atom is 0.316 e. The van der Waals surface area contributed by atoms with Crippen molar-refractivity contribution in [3.05, 3.63) is 46.1 Å². The summed E-state index contributed by atoms with van der Waals surface area (Å²) in [6.45, 7) is 1.60. The Morgan fingerprint density at radius 2 is 1.89 bits per heavy atom. The predicted octanol–water partition coefficient (Wildman–Crippen LogP) is 2.40. The van der Waals surface area contributed by atoms with Crippen molar-refractivity contribution >= 4 is 11.6 Å². The van der Waals surface area contributed by atoms with Crippen molar-refractivity contribution in [3.8, 4) is 11.3 Å². The van der Waals surface area contributed by atoms with E-state index in [2.05, 4.69) is 15.3 Å². The molecule has 2 aromatic rings. The van der Waals surface area contributed by atoms with Crippen LogP contribution < -0.4 is 5.32 Å². The molecule has 1 heterocycles. The van der Waals surface area contributed by atoms with Gasteiger partial charge < -0.3 is 5.32 Å². The number of aromatic nitrogens is 2. The first-order valence-electron chi connectivity index (χ1n) is 5.39. The van der Waals surface area contributed by atoms with E-state index in [0.717, 1.165) is 0 Å². The molecule has 2 rings (SSSR count). The third-order valence-electron chi connectivity index (χ3n) is 2.51.